The van der Waals surface area contributed by atoms with Gasteiger partial charge in [-0.3, -0.25) is 0 Å². The first kappa shape index (κ1) is 13.6. The van der Waals surface area contributed by atoms with Gasteiger partial charge in [0.1, 0.15) is 0 Å². The SMILES string of the molecule is Cc1nc(CN(C)CCCC(C)CN)cs1. The average molecular weight is 241 g/mol. The van der Waals surface area contributed by atoms with E-state index < -0.39 is 0 Å². The molecule has 0 fully saturated rings. The molecule has 4 heteroatoms. The van der Waals surface area contributed by atoms with E-state index in [2.05, 4.69) is 36.2 Å². The number of hydrogen-bond acceptors (Lipinski definition) is 4. The van der Waals surface area contributed by atoms with Gasteiger partial charge in [-0.1, -0.05) is 6.92 Å². The summed E-state index contributed by atoms with van der Waals surface area (Å²) in [6.07, 6.45) is 2.44. The maximum atomic E-state index is 5.59. The summed E-state index contributed by atoms with van der Waals surface area (Å²) in [6, 6.07) is 0. The van der Waals surface area contributed by atoms with Crippen molar-refractivity contribution in [2.45, 2.75) is 33.2 Å². The van der Waals surface area contributed by atoms with Crippen LogP contribution in [0.25, 0.3) is 0 Å². The Kier molecular flexibility index (Phi) is 5.95. The number of nitrogens with zero attached hydrogens (tertiary/aromatic N) is 2. The molecule has 0 bridgehead atoms. The molecule has 2 N–H and O–H groups in total. The Morgan fingerprint density at radius 3 is 2.88 bits per heavy atom. The third-order valence-corrected chi connectivity index (χ3v) is 3.56. The predicted octanol–water partition coefficient (Wildman–Crippen LogP) is 2.26. The molecule has 0 saturated carbocycles. The molecule has 0 aliphatic heterocycles. The van der Waals surface area contributed by atoms with E-state index in [4.69, 9.17) is 5.73 Å². The number of aromatic nitrogens is 1. The van der Waals surface area contributed by atoms with Gasteiger partial charge in [-0.05, 0) is 45.8 Å². The van der Waals surface area contributed by atoms with Gasteiger partial charge in [0.15, 0.2) is 0 Å². The second-order valence-corrected chi connectivity index (χ2v) is 5.64. The number of hydrogen-bond donors (Lipinski definition) is 1. The van der Waals surface area contributed by atoms with Crippen molar-refractivity contribution in [3.8, 4) is 0 Å². The van der Waals surface area contributed by atoms with Crippen molar-refractivity contribution >= 4 is 11.3 Å². The standard InChI is InChI=1S/C12H23N3S/c1-10(7-13)5-4-6-15(3)8-12-9-16-11(2)14-12/h9-10H,4-8,13H2,1-3H3. The van der Waals surface area contributed by atoms with E-state index in [1.807, 2.05) is 0 Å². The molecule has 1 aromatic rings. The summed E-state index contributed by atoms with van der Waals surface area (Å²) in [5.74, 6) is 0.648. The van der Waals surface area contributed by atoms with E-state index in [9.17, 15) is 0 Å². The third kappa shape index (κ3) is 5.05. The van der Waals surface area contributed by atoms with Gasteiger partial charge in [0, 0.05) is 11.9 Å². The van der Waals surface area contributed by atoms with E-state index in [1.54, 1.807) is 11.3 Å². The van der Waals surface area contributed by atoms with Gasteiger partial charge in [0.2, 0.25) is 0 Å². The summed E-state index contributed by atoms with van der Waals surface area (Å²) in [4.78, 5) is 6.80. The number of aryl methyl sites for hydroxylation is 1. The van der Waals surface area contributed by atoms with Crippen molar-refractivity contribution in [2.75, 3.05) is 20.1 Å². The first-order valence-corrected chi connectivity index (χ1v) is 6.79. The minimum Gasteiger partial charge on any atom is -0.330 e. The molecular weight excluding hydrogens is 218 g/mol. The molecule has 92 valence electrons. The highest BCUT2D eigenvalue weighted by Gasteiger charge is 2.04. The Bertz CT molecular complexity index is 298. The van der Waals surface area contributed by atoms with Crippen LogP contribution in [0.2, 0.25) is 0 Å². The largest absolute Gasteiger partial charge is 0.330 e. The summed E-state index contributed by atoms with van der Waals surface area (Å²) in [6.45, 7) is 7.15. The fraction of sp³-hybridized carbons (Fsp3) is 0.750. The first-order valence-electron chi connectivity index (χ1n) is 5.91. The van der Waals surface area contributed by atoms with Crippen LogP contribution < -0.4 is 5.73 Å². The van der Waals surface area contributed by atoms with E-state index in [0.717, 1.165) is 24.6 Å². The van der Waals surface area contributed by atoms with Crippen molar-refractivity contribution in [1.82, 2.24) is 9.88 Å². The van der Waals surface area contributed by atoms with Crippen LogP contribution in [-0.4, -0.2) is 30.0 Å². The predicted molar refractivity (Wildman–Crippen MR) is 70.6 cm³/mol. The van der Waals surface area contributed by atoms with Crippen LogP contribution in [0.3, 0.4) is 0 Å². The molecule has 0 radical (unpaired) electrons. The molecule has 0 saturated heterocycles. The molecule has 16 heavy (non-hydrogen) atoms. The maximum absolute atomic E-state index is 5.59. The zero-order valence-electron chi connectivity index (χ0n) is 10.6. The van der Waals surface area contributed by atoms with Crippen molar-refractivity contribution < 1.29 is 0 Å². The zero-order chi connectivity index (χ0) is 12.0. The molecule has 0 aromatic carbocycles. The highest BCUT2D eigenvalue weighted by Crippen LogP contribution is 2.10. The van der Waals surface area contributed by atoms with E-state index in [1.165, 1.54) is 18.5 Å². The van der Waals surface area contributed by atoms with Crippen molar-refractivity contribution in [3.63, 3.8) is 0 Å². The van der Waals surface area contributed by atoms with Crippen molar-refractivity contribution in [1.29, 1.82) is 0 Å². The van der Waals surface area contributed by atoms with Gasteiger partial charge in [0.05, 0.1) is 10.7 Å². The lowest BCUT2D eigenvalue weighted by atomic mass is 10.1. The molecule has 3 nitrogen and oxygen atoms in total. The van der Waals surface area contributed by atoms with Crippen LogP contribution >= 0.6 is 11.3 Å². The van der Waals surface area contributed by atoms with Gasteiger partial charge in [-0.2, -0.15) is 0 Å². The molecule has 1 heterocycles. The van der Waals surface area contributed by atoms with Crippen LogP contribution in [0.1, 0.15) is 30.5 Å². The van der Waals surface area contributed by atoms with Crippen LogP contribution in [0.4, 0.5) is 0 Å². The lowest BCUT2D eigenvalue weighted by Crippen LogP contribution is -2.20. The molecule has 0 aliphatic carbocycles. The normalized spacial score (nSPS) is 13.3. The van der Waals surface area contributed by atoms with Gasteiger partial charge in [-0.15, -0.1) is 11.3 Å². The Hall–Kier alpha value is -0.450. The molecular formula is C12H23N3S. The maximum Gasteiger partial charge on any atom is 0.0897 e. The molecule has 0 amide bonds. The van der Waals surface area contributed by atoms with Crippen LogP contribution in [0.15, 0.2) is 5.38 Å². The highest BCUT2D eigenvalue weighted by atomic mass is 32.1. The van der Waals surface area contributed by atoms with Crippen molar-refractivity contribution in [2.24, 2.45) is 11.7 Å². The minimum absolute atomic E-state index is 0.648. The van der Waals surface area contributed by atoms with E-state index in [-0.39, 0.29) is 0 Å². The summed E-state index contributed by atoms with van der Waals surface area (Å²) in [7, 11) is 2.15. The van der Waals surface area contributed by atoms with Crippen LogP contribution in [-0.2, 0) is 6.54 Å². The summed E-state index contributed by atoms with van der Waals surface area (Å²) in [5, 5.41) is 3.30. The lowest BCUT2D eigenvalue weighted by Gasteiger charge is -2.16. The Morgan fingerprint density at radius 1 is 1.56 bits per heavy atom. The Balaban J connectivity index is 2.18. The second-order valence-electron chi connectivity index (χ2n) is 4.58. The zero-order valence-corrected chi connectivity index (χ0v) is 11.4. The second kappa shape index (κ2) is 6.99. The van der Waals surface area contributed by atoms with E-state index in [0.29, 0.717) is 5.92 Å². The lowest BCUT2D eigenvalue weighted by molar-refractivity contribution is 0.306. The minimum atomic E-state index is 0.648. The van der Waals surface area contributed by atoms with Crippen molar-refractivity contribution in [3.05, 3.63) is 16.1 Å². The van der Waals surface area contributed by atoms with Gasteiger partial charge in [0.25, 0.3) is 0 Å². The third-order valence-electron chi connectivity index (χ3n) is 2.74. The van der Waals surface area contributed by atoms with Gasteiger partial charge >= 0.3 is 0 Å². The quantitative estimate of drug-likeness (QED) is 0.796. The average Bonchev–Trinajstić information content (AvgIpc) is 2.63. The van der Waals surface area contributed by atoms with Gasteiger partial charge in [-0.25, -0.2) is 4.98 Å². The molecule has 0 aliphatic rings. The Labute approximate surface area is 103 Å². The number of rotatable bonds is 7. The van der Waals surface area contributed by atoms with Gasteiger partial charge < -0.3 is 10.6 Å². The Morgan fingerprint density at radius 2 is 2.31 bits per heavy atom. The summed E-state index contributed by atoms with van der Waals surface area (Å²) in [5.41, 5.74) is 6.78. The fourth-order valence-corrected chi connectivity index (χ4v) is 2.27. The molecule has 0 spiro atoms. The summed E-state index contributed by atoms with van der Waals surface area (Å²) < 4.78 is 0. The topological polar surface area (TPSA) is 42.2 Å². The molecule has 1 rings (SSSR count). The smallest absolute Gasteiger partial charge is 0.0897 e. The molecule has 1 aromatic heterocycles. The van der Waals surface area contributed by atoms with Crippen LogP contribution in [0, 0.1) is 12.8 Å². The monoisotopic (exact) mass is 241 g/mol. The van der Waals surface area contributed by atoms with E-state index >= 15 is 0 Å². The summed E-state index contributed by atoms with van der Waals surface area (Å²) >= 11 is 1.72. The molecule has 1 unspecified atom stereocenters. The fourth-order valence-electron chi connectivity index (χ4n) is 1.66. The number of thiazole rings is 1. The highest BCUT2D eigenvalue weighted by molar-refractivity contribution is 7.09. The first-order chi connectivity index (χ1) is 7.61. The molecule has 1 atom stereocenters. The number of nitrogens with two attached hydrogens (primary N) is 1. The van der Waals surface area contributed by atoms with Crippen LogP contribution in [0.5, 0.6) is 0 Å².